The molecule has 0 aromatic carbocycles. The second-order valence-electron chi connectivity index (χ2n) is 28.8. The lowest BCUT2D eigenvalue weighted by Crippen LogP contribution is -2.30. The minimum atomic E-state index is -4.96. The first kappa shape index (κ1) is 93.1. The number of aliphatic hydroxyl groups excluding tert-OH is 1. The van der Waals surface area contributed by atoms with Gasteiger partial charge in [-0.25, -0.2) is 9.13 Å². The Kier molecular flexibility index (Phi) is 65.2. The zero-order valence-corrected chi connectivity index (χ0v) is 63.9. The number of carbonyl (C=O) groups is 4. The van der Waals surface area contributed by atoms with Gasteiger partial charge in [-0.15, -0.1) is 0 Å². The van der Waals surface area contributed by atoms with Crippen LogP contribution in [0.15, 0.2) is 0 Å². The van der Waals surface area contributed by atoms with Crippen molar-refractivity contribution in [2.75, 3.05) is 39.6 Å². The van der Waals surface area contributed by atoms with E-state index in [1.54, 1.807) is 0 Å². The van der Waals surface area contributed by atoms with Crippen LogP contribution in [-0.4, -0.2) is 96.7 Å². The molecule has 564 valence electrons. The molecule has 0 aliphatic rings. The van der Waals surface area contributed by atoms with Crippen LogP contribution in [0.2, 0.25) is 0 Å². The zero-order chi connectivity index (χ0) is 70.1. The van der Waals surface area contributed by atoms with Gasteiger partial charge in [0.2, 0.25) is 0 Å². The van der Waals surface area contributed by atoms with E-state index in [9.17, 15) is 43.2 Å². The van der Waals surface area contributed by atoms with Gasteiger partial charge in [0.15, 0.2) is 12.2 Å². The lowest BCUT2D eigenvalue weighted by Gasteiger charge is -2.21. The standard InChI is InChI=1S/C76H148O17P2/c1-8-9-10-11-12-13-14-15-18-21-29-36-43-50-57-73(78)86-63-71(92-75(80)59-52-45-38-30-22-19-16-17-20-26-33-40-47-54-67(2)3)65-90-94(82,83)88-61-70(77)62-89-95(84,85)91-66-72(64-87-74(79)58-51-44-37-32-25-28-35-42-49-56-69(6)7)93-76(81)60-53-46-39-31-24-23-27-34-41-48-55-68(4)5/h67-72,77H,8-66H2,1-7H3,(H,82,83)(H,84,85)/t70-,71-,72-/m1/s1. The number of esters is 4. The Balaban J connectivity index is 5.27. The van der Waals surface area contributed by atoms with Crippen LogP contribution in [-0.2, 0) is 65.4 Å². The molecular formula is C76H148O17P2. The molecule has 2 unspecified atom stereocenters. The van der Waals surface area contributed by atoms with Gasteiger partial charge < -0.3 is 33.8 Å². The van der Waals surface area contributed by atoms with Gasteiger partial charge in [-0.1, -0.05) is 337 Å². The summed E-state index contributed by atoms with van der Waals surface area (Å²) in [6, 6.07) is 0. The van der Waals surface area contributed by atoms with E-state index in [0.717, 1.165) is 108 Å². The quantitative estimate of drug-likeness (QED) is 0.0222. The van der Waals surface area contributed by atoms with Crippen LogP contribution >= 0.6 is 15.6 Å². The molecule has 0 spiro atoms. The second kappa shape index (κ2) is 66.6. The van der Waals surface area contributed by atoms with Gasteiger partial charge in [-0.2, -0.15) is 0 Å². The fraction of sp³-hybridized carbons (Fsp3) is 0.947. The average molecular weight is 1400 g/mol. The van der Waals surface area contributed by atoms with Gasteiger partial charge >= 0.3 is 39.5 Å². The fourth-order valence-electron chi connectivity index (χ4n) is 11.6. The maximum absolute atomic E-state index is 13.1. The van der Waals surface area contributed by atoms with Crippen molar-refractivity contribution in [2.45, 2.75) is 407 Å². The van der Waals surface area contributed by atoms with Crippen molar-refractivity contribution in [1.82, 2.24) is 0 Å². The summed E-state index contributed by atoms with van der Waals surface area (Å²) >= 11 is 0. The van der Waals surface area contributed by atoms with Crippen LogP contribution in [0.4, 0.5) is 0 Å². The highest BCUT2D eigenvalue weighted by Crippen LogP contribution is 2.45. The molecule has 0 fully saturated rings. The molecule has 0 aliphatic heterocycles. The summed E-state index contributed by atoms with van der Waals surface area (Å²) < 4.78 is 68.6. The highest BCUT2D eigenvalue weighted by atomic mass is 31.2. The van der Waals surface area contributed by atoms with Crippen molar-refractivity contribution in [3.8, 4) is 0 Å². The minimum Gasteiger partial charge on any atom is -0.462 e. The van der Waals surface area contributed by atoms with Crippen molar-refractivity contribution < 1.29 is 80.2 Å². The number of carbonyl (C=O) groups excluding carboxylic acids is 4. The van der Waals surface area contributed by atoms with E-state index in [2.05, 4.69) is 48.5 Å². The SMILES string of the molecule is CCCCCCCCCCCCCCCCC(=O)OC[C@H](COP(=O)(O)OC[C@@H](O)COP(=O)(O)OC[C@@H](COC(=O)CCCCCCCCCCCC(C)C)OC(=O)CCCCCCCCCCCCC(C)C)OC(=O)CCCCCCCCCCCCCCCC(C)C. The van der Waals surface area contributed by atoms with E-state index in [4.69, 9.17) is 37.0 Å². The largest absolute Gasteiger partial charge is 0.472 e. The van der Waals surface area contributed by atoms with Gasteiger partial charge in [0.1, 0.15) is 19.3 Å². The van der Waals surface area contributed by atoms with Crippen LogP contribution in [0.1, 0.15) is 389 Å². The molecule has 0 bridgehead atoms. The third kappa shape index (κ3) is 70.3. The lowest BCUT2D eigenvalue weighted by molar-refractivity contribution is -0.161. The van der Waals surface area contributed by atoms with E-state index in [-0.39, 0.29) is 25.7 Å². The molecule has 0 radical (unpaired) electrons. The number of phosphoric acid groups is 2. The summed E-state index contributed by atoms with van der Waals surface area (Å²) in [5.74, 6) is 0.166. The Bertz CT molecular complexity index is 1850. The van der Waals surface area contributed by atoms with E-state index >= 15 is 0 Å². The third-order valence-electron chi connectivity index (χ3n) is 17.6. The maximum Gasteiger partial charge on any atom is 0.472 e. The van der Waals surface area contributed by atoms with E-state index in [0.29, 0.717) is 25.7 Å². The van der Waals surface area contributed by atoms with Crippen molar-refractivity contribution in [2.24, 2.45) is 17.8 Å². The van der Waals surface area contributed by atoms with Crippen LogP contribution in [0, 0.1) is 17.8 Å². The molecule has 5 atom stereocenters. The molecule has 0 amide bonds. The Labute approximate surface area is 581 Å². The summed E-state index contributed by atoms with van der Waals surface area (Å²) in [5.41, 5.74) is 0. The fourth-order valence-corrected chi connectivity index (χ4v) is 13.2. The number of hydrogen-bond donors (Lipinski definition) is 3. The third-order valence-corrected chi connectivity index (χ3v) is 19.5. The summed E-state index contributed by atoms with van der Waals surface area (Å²) in [6.45, 7) is 11.9. The summed E-state index contributed by atoms with van der Waals surface area (Å²) in [7, 11) is -9.91. The Hall–Kier alpha value is -1.94. The Morgan fingerprint density at radius 2 is 0.484 bits per heavy atom. The second-order valence-corrected chi connectivity index (χ2v) is 31.7. The number of ether oxygens (including phenoxy) is 4. The zero-order valence-electron chi connectivity index (χ0n) is 62.1. The molecule has 0 aromatic heterocycles. The predicted molar refractivity (Wildman–Crippen MR) is 386 cm³/mol. The minimum absolute atomic E-state index is 0.105. The Morgan fingerprint density at radius 3 is 0.716 bits per heavy atom. The van der Waals surface area contributed by atoms with Gasteiger partial charge in [-0.05, 0) is 43.4 Å². The lowest BCUT2D eigenvalue weighted by atomic mass is 10.0. The van der Waals surface area contributed by atoms with E-state index in [1.807, 2.05) is 0 Å². The Morgan fingerprint density at radius 1 is 0.284 bits per heavy atom. The molecule has 17 nitrogen and oxygen atoms in total. The topological polar surface area (TPSA) is 237 Å². The highest BCUT2D eigenvalue weighted by molar-refractivity contribution is 7.47. The van der Waals surface area contributed by atoms with Crippen LogP contribution < -0.4 is 0 Å². The van der Waals surface area contributed by atoms with Crippen LogP contribution in [0.3, 0.4) is 0 Å². The van der Waals surface area contributed by atoms with Crippen LogP contribution in [0.25, 0.3) is 0 Å². The number of hydrogen-bond acceptors (Lipinski definition) is 15. The molecule has 95 heavy (non-hydrogen) atoms. The first-order valence-electron chi connectivity index (χ1n) is 39.3. The van der Waals surface area contributed by atoms with Crippen molar-refractivity contribution in [3.63, 3.8) is 0 Å². The van der Waals surface area contributed by atoms with Gasteiger partial charge in [-0.3, -0.25) is 37.3 Å². The molecule has 0 saturated carbocycles. The predicted octanol–water partition coefficient (Wildman–Crippen LogP) is 22.2. The highest BCUT2D eigenvalue weighted by Gasteiger charge is 2.30. The number of phosphoric ester groups is 2. The summed E-state index contributed by atoms with van der Waals surface area (Å²) in [5, 5.41) is 10.6. The first-order chi connectivity index (χ1) is 45.7. The van der Waals surface area contributed by atoms with Gasteiger partial charge in [0.05, 0.1) is 26.4 Å². The van der Waals surface area contributed by atoms with Gasteiger partial charge in [0, 0.05) is 25.7 Å². The number of aliphatic hydroxyl groups is 1. The van der Waals surface area contributed by atoms with E-state index < -0.39 is 97.5 Å². The maximum atomic E-state index is 13.1. The van der Waals surface area contributed by atoms with E-state index in [1.165, 1.54) is 199 Å². The monoisotopic (exact) mass is 1400 g/mol. The molecule has 3 N–H and O–H groups in total. The van der Waals surface area contributed by atoms with Crippen molar-refractivity contribution in [3.05, 3.63) is 0 Å². The number of unbranched alkanes of at least 4 members (excludes halogenated alkanes) is 42. The van der Waals surface area contributed by atoms with Gasteiger partial charge in [0.25, 0.3) is 0 Å². The van der Waals surface area contributed by atoms with Crippen molar-refractivity contribution in [1.29, 1.82) is 0 Å². The smallest absolute Gasteiger partial charge is 0.462 e. The molecule has 0 heterocycles. The molecule has 0 aromatic rings. The van der Waals surface area contributed by atoms with Crippen molar-refractivity contribution >= 4 is 39.5 Å². The molecule has 0 saturated heterocycles. The molecule has 0 rings (SSSR count). The molecule has 0 aliphatic carbocycles. The van der Waals surface area contributed by atoms with Crippen LogP contribution in [0.5, 0.6) is 0 Å². The molecular weight excluding hydrogens is 1250 g/mol. The average Bonchev–Trinajstić information content (AvgIpc) is 2.67. The normalized spacial score (nSPS) is 14.1. The summed E-state index contributed by atoms with van der Waals surface area (Å²) in [4.78, 5) is 72.8. The molecule has 19 heteroatoms. The summed E-state index contributed by atoms with van der Waals surface area (Å²) in [6.07, 6.45) is 52.6. The number of rotatable bonds is 74. The first-order valence-corrected chi connectivity index (χ1v) is 42.3.